The van der Waals surface area contributed by atoms with Gasteiger partial charge in [0.1, 0.15) is 17.5 Å². The highest BCUT2D eigenvalue weighted by Gasteiger charge is 2.35. The van der Waals surface area contributed by atoms with Crippen LogP contribution in [0.3, 0.4) is 0 Å². The number of nitrogens with two attached hydrogens (primary N) is 1. The van der Waals surface area contributed by atoms with E-state index < -0.39 is 11.7 Å². The number of aromatic nitrogens is 3. The first kappa shape index (κ1) is 14.9. The largest absolute Gasteiger partial charge is 0.420 e. The maximum atomic E-state index is 13.8. The predicted octanol–water partition coefficient (Wildman–Crippen LogP) is 2.83. The molecule has 2 aromatic heterocycles. The van der Waals surface area contributed by atoms with Crippen LogP contribution in [0.25, 0.3) is 11.4 Å². The summed E-state index contributed by atoms with van der Waals surface area (Å²) < 4.78 is 19.3. The number of nitriles is 1. The smallest absolute Gasteiger partial charge is 0.244 e. The second-order valence-corrected chi connectivity index (χ2v) is 5.51. The molecule has 25 heavy (non-hydrogen) atoms. The number of aromatic amines is 1. The summed E-state index contributed by atoms with van der Waals surface area (Å²) in [5.74, 6) is -0.778. The van der Waals surface area contributed by atoms with E-state index in [4.69, 9.17) is 10.5 Å². The number of nitrogens with one attached hydrogen (secondary N) is 1. The predicted molar refractivity (Wildman–Crippen MR) is 87.5 cm³/mol. The third-order valence-corrected chi connectivity index (χ3v) is 4.04. The Hall–Kier alpha value is -3.66. The molecule has 0 saturated carbocycles. The molecule has 1 aliphatic rings. The molecule has 3 N–H and O–H groups in total. The molecule has 0 radical (unpaired) electrons. The average molecular weight is 333 g/mol. The summed E-state index contributed by atoms with van der Waals surface area (Å²) >= 11 is 0. The molecule has 3 aromatic rings. The highest BCUT2D eigenvalue weighted by molar-refractivity contribution is 5.68. The molecule has 4 rings (SSSR count). The minimum Gasteiger partial charge on any atom is -0.420 e. The summed E-state index contributed by atoms with van der Waals surface area (Å²) in [5, 5.41) is 16.6. The van der Waals surface area contributed by atoms with E-state index in [0.29, 0.717) is 22.5 Å². The van der Waals surface area contributed by atoms with Gasteiger partial charge in [0.25, 0.3) is 0 Å². The number of hydrogen-bond acceptors (Lipinski definition) is 5. The van der Waals surface area contributed by atoms with E-state index in [1.54, 1.807) is 24.4 Å². The zero-order valence-corrected chi connectivity index (χ0v) is 12.9. The number of pyridine rings is 1. The summed E-state index contributed by atoms with van der Waals surface area (Å²) in [7, 11) is 0. The number of fused-ring (bicyclic) bond motifs is 1. The van der Waals surface area contributed by atoms with E-state index >= 15 is 0 Å². The fourth-order valence-electron chi connectivity index (χ4n) is 2.97. The maximum absolute atomic E-state index is 13.8. The van der Waals surface area contributed by atoms with Crippen molar-refractivity contribution in [1.82, 2.24) is 15.2 Å². The van der Waals surface area contributed by atoms with Gasteiger partial charge in [-0.3, -0.25) is 10.1 Å². The van der Waals surface area contributed by atoms with Crippen LogP contribution in [0.4, 0.5) is 4.39 Å². The zero-order chi connectivity index (χ0) is 17.4. The van der Waals surface area contributed by atoms with Crippen LogP contribution in [-0.4, -0.2) is 15.2 Å². The van der Waals surface area contributed by atoms with E-state index in [0.717, 1.165) is 0 Å². The van der Waals surface area contributed by atoms with Crippen LogP contribution in [0.5, 0.6) is 5.88 Å². The maximum Gasteiger partial charge on any atom is 0.244 e. The topological polar surface area (TPSA) is 101 Å². The van der Waals surface area contributed by atoms with Crippen LogP contribution in [0, 0.1) is 17.1 Å². The van der Waals surface area contributed by atoms with E-state index in [2.05, 4.69) is 21.3 Å². The highest BCUT2D eigenvalue weighted by Crippen LogP contribution is 2.45. The van der Waals surface area contributed by atoms with Gasteiger partial charge in [0, 0.05) is 6.20 Å². The van der Waals surface area contributed by atoms with Crippen LogP contribution >= 0.6 is 0 Å². The number of ether oxygens (including phenoxy) is 1. The summed E-state index contributed by atoms with van der Waals surface area (Å²) in [6.07, 6.45) is 1.65. The molecular weight excluding hydrogens is 321 g/mol. The summed E-state index contributed by atoms with van der Waals surface area (Å²) in [6.45, 7) is 0. The lowest BCUT2D eigenvalue weighted by atomic mass is 9.83. The monoisotopic (exact) mass is 333 g/mol. The molecular formula is C18H12FN5O. The van der Waals surface area contributed by atoms with Gasteiger partial charge >= 0.3 is 0 Å². The van der Waals surface area contributed by atoms with Crippen LogP contribution < -0.4 is 10.5 Å². The number of H-pyrrole nitrogens is 1. The Balaban J connectivity index is 1.97. The van der Waals surface area contributed by atoms with Crippen LogP contribution in [0.2, 0.25) is 0 Å². The molecule has 6 nitrogen and oxygen atoms in total. The van der Waals surface area contributed by atoms with Gasteiger partial charge < -0.3 is 10.5 Å². The fourth-order valence-corrected chi connectivity index (χ4v) is 2.97. The number of allylic oxidation sites excluding steroid dienone is 1. The van der Waals surface area contributed by atoms with Crippen molar-refractivity contribution >= 4 is 0 Å². The second-order valence-electron chi connectivity index (χ2n) is 5.51. The van der Waals surface area contributed by atoms with Gasteiger partial charge in [0.2, 0.25) is 11.8 Å². The molecule has 1 aliphatic heterocycles. The quantitative estimate of drug-likeness (QED) is 0.751. The third kappa shape index (κ3) is 2.40. The molecule has 0 aliphatic carbocycles. The van der Waals surface area contributed by atoms with Gasteiger partial charge in [-0.1, -0.05) is 18.2 Å². The SMILES string of the molecule is N#CC1=C(N)Oc2n[nH]c(-c3ccccn3)c2[C@H]1c1cccc(F)c1. The van der Waals surface area contributed by atoms with E-state index in [1.165, 1.54) is 12.1 Å². The molecule has 1 atom stereocenters. The lowest BCUT2D eigenvalue weighted by Crippen LogP contribution is -2.21. The van der Waals surface area contributed by atoms with Crippen molar-refractivity contribution in [3.05, 3.63) is 77.1 Å². The van der Waals surface area contributed by atoms with Gasteiger partial charge in [0.15, 0.2) is 0 Å². The number of hydrogen-bond donors (Lipinski definition) is 2. The number of rotatable bonds is 2. The lowest BCUT2D eigenvalue weighted by Gasteiger charge is -2.24. The highest BCUT2D eigenvalue weighted by atomic mass is 19.1. The molecule has 0 fully saturated rings. The first-order valence-corrected chi connectivity index (χ1v) is 7.51. The molecule has 122 valence electrons. The minimum atomic E-state index is -0.597. The molecule has 7 heteroatoms. The Morgan fingerprint density at radius 2 is 2.12 bits per heavy atom. The van der Waals surface area contributed by atoms with Gasteiger partial charge in [-0.15, -0.1) is 5.10 Å². The van der Waals surface area contributed by atoms with Crippen molar-refractivity contribution in [2.45, 2.75) is 5.92 Å². The van der Waals surface area contributed by atoms with Gasteiger partial charge in [-0.05, 0) is 29.8 Å². The zero-order valence-electron chi connectivity index (χ0n) is 12.9. The first-order chi connectivity index (χ1) is 12.2. The number of nitrogens with zero attached hydrogens (tertiary/aromatic N) is 3. The Morgan fingerprint density at radius 1 is 1.24 bits per heavy atom. The van der Waals surface area contributed by atoms with Crippen molar-refractivity contribution in [3.8, 4) is 23.3 Å². The molecule has 0 bridgehead atoms. The fraction of sp³-hybridized carbons (Fsp3) is 0.0556. The molecule has 0 amide bonds. The number of benzene rings is 1. The molecule has 3 heterocycles. The molecule has 0 saturated heterocycles. The Kier molecular flexibility index (Phi) is 3.43. The Morgan fingerprint density at radius 3 is 2.84 bits per heavy atom. The second kappa shape index (κ2) is 5.76. The van der Waals surface area contributed by atoms with Crippen molar-refractivity contribution in [2.75, 3.05) is 0 Å². The van der Waals surface area contributed by atoms with E-state index in [-0.39, 0.29) is 17.3 Å². The summed E-state index contributed by atoms with van der Waals surface area (Å²) in [4.78, 5) is 4.31. The van der Waals surface area contributed by atoms with Crippen molar-refractivity contribution in [3.63, 3.8) is 0 Å². The molecule has 0 unspecified atom stereocenters. The molecule has 1 aromatic carbocycles. The van der Waals surface area contributed by atoms with E-state index in [9.17, 15) is 9.65 Å². The van der Waals surface area contributed by atoms with Gasteiger partial charge in [0.05, 0.1) is 22.9 Å². The Bertz CT molecular complexity index is 1020. The van der Waals surface area contributed by atoms with Crippen molar-refractivity contribution < 1.29 is 9.13 Å². The average Bonchev–Trinajstić information content (AvgIpc) is 3.04. The lowest BCUT2D eigenvalue weighted by molar-refractivity contribution is 0.379. The first-order valence-electron chi connectivity index (χ1n) is 7.51. The summed E-state index contributed by atoms with van der Waals surface area (Å²) in [6, 6.07) is 13.6. The van der Waals surface area contributed by atoms with Gasteiger partial charge in [-0.2, -0.15) is 5.26 Å². The standard InChI is InChI=1S/C18H12FN5O/c19-11-5-3-4-10(8-11)14-12(9-20)17(21)25-18-15(14)16(23-24-18)13-6-1-2-7-22-13/h1-8,14H,21H2,(H,23,24)/t14-/m0/s1. The van der Waals surface area contributed by atoms with Crippen LogP contribution in [0.1, 0.15) is 17.0 Å². The third-order valence-electron chi connectivity index (χ3n) is 4.04. The number of halogens is 1. The summed E-state index contributed by atoms with van der Waals surface area (Å²) in [5.41, 5.74) is 8.53. The minimum absolute atomic E-state index is 0.0386. The van der Waals surface area contributed by atoms with Gasteiger partial charge in [-0.25, -0.2) is 4.39 Å². The van der Waals surface area contributed by atoms with Crippen LogP contribution in [-0.2, 0) is 0 Å². The van der Waals surface area contributed by atoms with E-state index in [1.807, 2.05) is 12.1 Å². The Labute approximate surface area is 142 Å². The normalized spacial score (nSPS) is 16.1. The van der Waals surface area contributed by atoms with Crippen LogP contribution in [0.15, 0.2) is 60.1 Å². The van der Waals surface area contributed by atoms with Crippen molar-refractivity contribution in [2.24, 2.45) is 5.73 Å². The molecule has 0 spiro atoms. The van der Waals surface area contributed by atoms with Crippen molar-refractivity contribution in [1.29, 1.82) is 5.26 Å².